The molecule has 3 amide bonds. The van der Waals surface area contributed by atoms with Crippen molar-refractivity contribution < 1.29 is 19.1 Å². The van der Waals surface area contributed by atoms with E-state index in [0.29, 0.717) is 35.0 Å². The lowest BCUT2D eigenvalue weighted by Crippen LogP contribution is -2.47. The van der Waals surface area contributed by atoms with Crippen LogP contribution in [0.2, 0.25) is 0 Å². The summed E-state index contributed by atoms with van der Waals surface area (Å²) in [7, 11) is 5.11. The molecule has 0 unspecified atom stereocenters. The van der Waals surface area contributed by atoms with Gasteiger partial charge in [0.25, 0.3) is 11.8 Å². The summed E-state index contributed by atoms with van der Waals surface area (Å²) < 4.78 is 5.33. The Morgan fingerprint density at radius 1 is 1.17 bits per heavy atom. The number of rotatable bonds is 6. The number of hydrogen-bond donors (Lipinski definition) is 1. The minimum Gasteiger partial charge on any atom is -0.495 e. The normalized spacial score (nSPS) is 14.3. The molecule has 0 saturated carbocycles. The first-order valence-electron chi connectivity index (χ1n) is 9.63. The molecule has 1 N–H and O–H groups in total. The Morgan fingerprint density at radius 2 is 1.90 bits per heavy atom. The van der Waals surface area contributed by atoms with E-state index in [1.807, 2.05) is 12.4 Å². The maximum absolute atomic E-state index is 12.8. The van der Waals surface area contributed by atoms with Crippen LogP contribution >= 0.6 is 11.3 Å². The molecule has 1 aliphatic heterocycles. The van der Waals surface area contributed by atoms with Crippen molar-refractivity contribution >= 4 is 34.7 Å². The Balaban J connectivity index is 1.68. The first-order valence-corrected chi connectivity index (χ1v) is 10.5. The molecule has 2 aromatic rings. The quantitative estimate of drug-likeness (QED) is 0.757. The Kier molecular flexibility index (Phi) is 7.07. The molecule has 0 spiro atoms. The molecule has 1 aromatic carbocycles. The van der Waals surface area contributed by atoms with Crippen LogP contribution in [0.1, 0.15) is 20.0 Å². The monoisotopic (exact) mass is 430 g/mol. The average Bonchev–Trinajstić information content (AvgIpc) is 3.28. The van der Waals surface area contributed by atoms with Crippen LogP contribution in [-0.2, 0) is 4.79 Å². The lowest BCUT2D eigenvalue weighted by atomic mass is 10.1. The van der Waals surface area contributed by atoms with Gasteiger partial charge in [0.15, 0.2) is 0 Å². The number of anilines is 1. The van der Waals surface area contributed by atoms with Crippen LogP contribution in [0, 0.1) is 0 Å². The van der Waals surface area contributed by atoms with Gasteiger partial charge in [0.1, 0.15) is 5.75 Å². The minimum absolute atomic E-state index is 0.0776. The third-order valence-electron chi connectivity index (χ3n) is 4.97. The van der Waals surface area contributed by atoms with Gasteiger partial charge in [-0.2, -0.15) is 0 Å². The summed E-state index contributed by atoms with van der Waals surface area (Å²) in [6, 6.07) is 8.50. The molecule has 0 atom stereocenters. The highest BCUT2D eigenvalue weighted by molar-refractivity contribution is 7.12. The van der Waals surface area contributed by atoms with E-state index >= 15 is 0 Å². The third-order valence-corrected chi connectivity index (χ3v) is 5.83. The van der Waals surface area contributed by atoms with Gasteiger partial charge in [-0.15, -0.1) is 11.3 Å². The summed E-state index contributed by atoms with van der Waals surface area (Å²) in [5.74, 6) is -0.215. The van der Waals surface area contributed by atoms with E-state index in [1.165, 1.54) is 23.3 Å². The predicted molar refractivity (Wildman–Crippen MR) is 116 cm³/mol. The molecule has 9 heteroatoms. The van der Waals surface area contributed by atoms with Crippen LogP contribution in [0.4, 0.5) is 5.69 Å². The molecule has 1 saturated heterocycles. The summed E-state index contributed by atoms with van der Waals surface area (Å²) in [6.07, 6.45) is 0. The Morgan fingerprint density at radius 3 is 2.53 bits per heavy atom. The van der Waals surface area contributed by atoms with Gasteiger partial charge in [-0.05, 0) is 36.7 Å². The number of methoxy groups -OCH3 is 1. The van der Waals surface area contributed by atoms with Crippen molar-refractivity contribution in [3.05, 3.63) is 46.2 Å². The number of carbonyl (C=O) groups is 3. The van der Waals surface area contributed by atoms with Gasteiger partial charge in [0.05, 0.1) is 24.2 Å². The van der Waals surface area contributed by atoms with E-state index in [0.717, 1.165) is 13.1 Å². The van der Waals surface area contributed by atoms with E-state index in [4.69, 9.17) is 4.74 Å². The Bertz CT molecular complexity index is 908. The fourth-order valence-electron chi connectivity index (χ4n) is 3.20. The van der Waals surface area contributed by atoms with Gasteiger partial charge in [-0.1, -0.05) is 6.07 Å². The van der Waals surface area contributed by atoms with E-state index in [-0.39, 0.29) is 24.3 Å². The summed E-state index contributed by atoms with van der Waals surface area (Å²) in [6.45, 7) is 2.88. The summed E-state index contributed by atoms with van der Waals surface area (Å²) in [4.78, 5) is 43.6. The molecule has 0 radical (unpaired) electrons. The second kappa shape index (κ2) is 9.73. The standard InChI is InChI=1S/C21H26N4O4S/c1-23-8-10-25(11-9-23)20(27)15-6-7-17(29-3)16(13-15)22-19(26)14-24(2)21(28)18-5-4-12-30-18/h4-7,12-13H,8-11,14H2,1-3H3,(H,22,26). The zero-order chi connectivity index (χ0) is 21.7. The predicted octanol–water partition coefficient (Wildman–Crippen LogP) is 1.85. The van der Waals surface area contributed by atoms with E-state index in [2.05, 4.69) is 10.2 Å². The van der Waals surface area contributed by atoms with Crippen molar-refractivity contribution in [1.82, 2.24) is 14.7 Å². The zero-order valence-corrected chi connectivity index (χ0v) is 18.2. The van der Waals surface area contributed by atoms with Gasteiger partial charge >= 0.3 is 0 Å². The molecule has 30 heavy (non-hydrogen) atoms. The summed E-state index contributed by atoms with van der Waals surface area (Å²) in [5, 5.41) is 4.58. The molecule has 0 bridgehead atoms. The lowest BCUT2D eigenvalue weighted by Gasteiger charge is -2.32. The van der Waals surface area contributed by atoms with Gasteiger partial charge in [0.2, 0.25) is 5.91 Å². The average molecular weight is 431 g/mol. The van der Waals surface area contributed by atoms with E-state index in [9.17, 15) is 14.4 Å². The summed E-state index contributed by atoms with van der Waals surface area (Å²) in [5.41, 5.74) is 0.887. The van der Waals surface area contributed by atoms with Crippen molar-refractivity contribution in [2.24, 2.45) is 0 Å². The SMILES string of the molecule is COc1ccc(C(=O)N2CCN(C)CC2)cc1NC(=O)CN(C)C(=O)c1cccs1. The number of carbonyl (C=O) groups excluding carboxylic acids is 3. The van der Waals surface area contributed by atoms with Gasteiger partial charge in [-0.25, -0.2) is 0 Å². The largest absolute Gasteiger partial charge is 0.495 e. The molecule has 1 aliphatic rings. The highest BCUT2D eigenvalue weighted by Crippen LogP contribution is 2.26. The maximum atomic E-state index is 12.8. The highest BCUT2D eigenvalue weighted by Gasteiger charge is 2.22. The minimum atomic E-state index is -0.370. The molecule has 3 rings (SSSR count). The maximum Gasteiger partial charge on any atom is 0.264 e. The fourth-order valence-corrected chi connectivity index (χ4v) is 3.91. The van der Waals surface area contributed by atoms with E-state index < -0.39 is 0 Å². The van der Waals surface area contributed by atoms with Crippen LogP contribution in [0.15, 0.2) is 35.7 Å². The Hall–Kier alpha value is -2.91. The number of thiophene rings is 1. The van der Waals surface area contributed by atoms with Crippen LogP contribution in [-0.4, -0.2) is 86.4 Å². The van der Waals surface area contributed by atoms with Crippen LogP contribution in [0.3, 0.4) is 0 Å². The zero-order valence-electron chi connectivity index (χ0n) is 17.4. The van der Waals surface area contributed by atoms with Crippen molar-refractivity contribution in [3.63, 3.8) is 0 Å². The smallest absolute Gasteiger partial charge is 0.264 e. The highest BCUT2D eigenvalue weighted by atomic mass is 32.1. The number of benzene rings is 1. The number of likely N-dealkylation sites (N-methyl/N-ethyl adjacent to an activating group) is 2. The molecule has 1 aromatic heterocycles. The van der Waals surface area contributed by atoms with Crippen LogP contribution < -0.4 is 10.1 Å². The van der Waals surface area contributed by atoms with Crippen molar-refractivity contribution in [2.75, 3.05) is 59.2 Å². The number of nitrogens with one attached hydrogen (secondary N) is 1. The molecule has 1 fully saturated rings. The Labute approximate surface area is 180 Å². The third kappa shape index (κ3) is 5.17. The molecule has 2 heterocycles. The number of nitrogens with zero attached hydrogens (tertiary/aromatic N) is 3. The lowest BCUT2D eigenvalue weighted by molar-refractivity contribution is -0.116. The first-order chi connectivity index (χ1) is 14.4. The van der Waals surface area contributed by atoms with Crippen LogP contribution in [0.25, 0.3) is 0 Å². The first kappa shape index (κ1) is 21.8. The van der Waals surface area contributed by atoms with Gasteiger partial charge in [0, 0.05) is 38.8 Å². The van der Waals surface area contributed by atoms with E-state index in [1.54, 1.807) is 42.3 Å². The summed E-state index contributed by atoms with van der Waals surface area (Å²) >= 11 is 1.33. The number of piperazine rings is 1. The number of ether oxygens (including phenoxy) is 1. The molecule has 8 nitrogen and oxygen atoms in total. The number of hydrogen-bond acceptors (Lipinski definition) is 6. The molecular formula is C21H26N4O4S. The second-order valence-electron chi connectivity index (χ2n) is 7.20. The van der Waals surface area contributed by atoms with Crippen molar-refractivity contribution in [3.8, 4) is 5.75 Å². The van der Waals surface area contributed by atoms with Crippen molar-refractivity contribution in [2.45, 2.75) is 0 Å². The van der Waals surface area contributed by atoms with Gasteiger partial charge < -0.3 is 24.8 Å². The molecule has 160 valence electrons. The second-order valence-corrected chi connectivity index (χ2v) is 8.14. The van der Waals surface area contributed by atoms with Crippen LogP contribution in [0.5, 0.6) is 5.75 Å². The molecule has 0 aliphatic carbocycles. The van der Waals surface area contributed by atoms with Gasteiger partial charge in [-0.3, -0.25) is 14.4 Å². The molecular weight excluding hydrogens is 404 g/mol. The topological polar surface area (TPSA) is 82.2 Å². The fraction of sp³-hybridized carbons (Fsp3) is 0.381. The van der Waals surface area contributed by atoms with Crippen molar-refractivity contribution in [1.29, 1.82) is 0 Å². The number of amides is 3.